The highest BCUT2D eigenvalue weighted by molar-refractivity contribution is 6.64. The van der Waals surface area contributed by atoms with E-state index >= 15 is 0 Å². The van der Waals surface area contributed by atoms with Crippen molar-refractivity contribution in [1.82, 2.24) is 4.90 Å². The van der Waals surface area contributed by atoms with Crippen LogP contribution in [0.5, 0.6) is 0 Å². The van der Waals surface area contributed by atoms with Crippen LogP contribution in [-0.4, -0.2) is 28.1 Å². The number of rotatable bonds is 3. The van der Waals surface area contributed by atoms with Crippen LogP contribution >= 0.6 is 11.6 Å². The molecule has 18 heavy (non-hydrogen) atoms. The fraction of sp³-hybridized carbons (Fsp3) is 0.0909. The molecule has 0 N–H and O–H groups in total. The molecular formula is C11H9ClN2O4. The molecule has 0 heterocycles. The fourth-order valence-corrected chi connectivity index (χ4v) is 1.19. The molecule has 0 spiro atoms. The topological polar surface area (TPSA) is 80.5 Å². The van der Waals surface area contributed by atoms with Crippen molar-refractivity contribution >= 4 is 34.6 Å². The number of carbonyl (C=O) groups excluding carboxylic acids is 2. The molecule has 0 aliphatic rings. The third-order valence-corrected chi connectivity index (χ3v) is 2.35. The van der Waals surface area contributed by atoms with Gasteiger partial charge in [-0.05, 0) is 23.2 Å². The van der Waals surface area contributed by atoms with Crippen LogP contribution in [0.2, 0.25) is 0 Å². The number of nitro groups is 1. The number of hydrogen-bond acceptors (Lipinski definition) is 4. The lowest BCUT2D eigenvalue weighted by Crippen LogP contribution is -2.26. The minimum absolute atomic E-state index is 0.0774. The van der Waals surface area contributed by atoms with Gasteiger partial charge in [0.2, 0.25) is 0 Å². The minimum atomic E-state index is -0.899. The van der Waals surface area contributed by atoms with E-state index < -0.39 is 16.2 Å². The largest absolute Gasteiger partial charge is 0.323 e. The summed E-state index contributed by atoms with van der Waals surface area (Å²) in [4.78, 5) is 32.8. The van der Waals surface area contributed by atoms with Gasteiger partial charge in [-0.3, -0.25) is 24.6 Å². The maximum atomic E-state index is 11.4. The van der Waals surface area contributed by atoms with Gasteiger partial charge in [-0.1, -0.05) is 12.1 Å². The SMILES string of the molecule is CN(C(=O)Cl)C(=O)/C=C/c1cccc([N+](=O)[O-])c1. The van der Waals surface area contributed by atoms with E-state index in [0.717, 1.165) is 11.0 Å². The molecule has 0 aliphatic heterocycles. The Hall–Kier alpha value is -2.21. The Morgan fingerprint density at radius 3 is 2.67 bits per heavy atom. The van der Waals surface area contributed by atoms with Crippen LogP contribution in [0.3, 0.4) is 0 Å². The van der Waals surface area contributed by atoms with E-state index in [1.807, 2.05) is 0 Å². The molecule has 1 aromatic rings. The van der Waals surface area contributed by atoms with Gasteiger partial charge in [0, 0.05) is 25.3 Å². The van der Waals surface area contributed by atoms with E-state index in [0.29, 0.717) is 5.56 Å². The van der Waals surface area contributed by atoms with Gasteiger partial charge in [-0.25, -0.2) is 0 Å². The zero-order valence-corrected chi connectivity index (χ0v) is 10.1. The summed E-state index contributed by atoms with van der Waals surface area (Å²) in [5.41, 5.74) is 0.402. The second-order valence-electron chi connectivity index (χ2n) is 3.34. The van der Waals surface area contributed by atoms with Gasteiger partial charge in [0.15, 0.2) is 0 Å². The summed E-state index contributed by atoms with van der Waals surface area (Å²) in [7, 11) is 1.23. The van der Waals surface area contributed by atoms with Gasteiger partial charge < -0.3 is 0 Å². The number of nitrogens with zero attached hydrogens (tertiary/aromatic N) is 2. The second kappa shape index (κ2) is 5.92. The smallest absolute Gasteiger partial charge is 0.269 e. The quantitative estimate of drug-likeness (QED) is 0.277. The fourth-order valence-electron chi connectivity index (χ4n) is 1.11. The summed E-state index contributed by atoms with van der Waals surface area (Å²) in [5.74, 6) is -0.610. The van der Waals surface area contributed by atoms with Crippen LogP contribution in [0.4, 0.5) is 10.5 Å². The molecule has 0 unspecified atom stereocenters. The molecule has 94 valence electrons. The van der Waals surface area contributed by atoms with Gasteiger partial charge in [-0.2, -0.15) is 0 Å². The van der Waals surface area contributed by atoms with Crippen molar-refractivity contribution in [2.24, 2.45) is 0 Å². The molecule has 0 atom stereocenters. The maximum absolute atomic E-state index is 11.4. The average molecular weight is 269 g/mol. The van der Waals surface area contributed by atoms with E-state index in [1.54, 1.807) is 6.07 Å². The van der Waals surface area contributed by atoms with E-state index in [2.05, 4.69) is 0 Å². The summed E-state index contributed by atoms with van der Waals surface area (Å²) in [6, 6.07) is 5.75. The molecular weight excluding hydrogens is 260 g/mol. The Kier molecular flexibility index (Phi) is 4.56. The van der Waals surface area contributed by atoms with Crippen LogP contribution in [-0.2, 0) is 4.79 Å². The molecule has 0 bridgehead atoms. The van der Waals surface area contributed by atoms with Crippen molar-refractivity contribution in [3.05, 3.63) is 46.0 Å². The van der Waals surface area contributed by atoms with Crippen LogP contribution in [0.15, 0.2) is 30.3 Å². The van der Waals surface area contributed by atoms with Crippen molar-refractivity contribution in [3.8, 4) is 0 Å². The average Bonchev–Trinajstić information content (AvgIpc) is 2.35. The first-order valence-electron chi connectivity index (χ1n) is 4.81. The van der Waals surface area contributed by atoms with Gasteiger partial charge in [0.1, 0.15) is 0 Å². The van der Waals surface area contributed by atoms with E-state index in [9.17, 15) is 19.7 Å². The molecule has 0 fully saturated rings. The normalized spacial score (nSPS) is 10.3. The number of hydrogen-bond donors (Lipinski definition) is 0. The van der Waals surface area contributed by atoms with Gasteiger partial charge in [0.25, 0.3) is 11.6 Å². The summed E-state index contributed by atoms with van der Waals surface area (Å²) in [6.45, 7) is 0. The molecule has 0 saturated heterocycles. The number of nitro benzene ring substituents is 1. The minimum Gasteiger partial charge on any atom is -0.269 e. The van der Waals surface area contributed by atoms with E-state index in [4.69, 9.17) is 11.6 Å². The molecule has 0 aliphatic carbocycles. The van der Waals surface area contributed by atoms with Crippen LogP contribution in [0.25, 0.3) is 6.08 Å². The lowest BCUT2D eigenvalue weighted by atomic mass is 10.2. The van der Waals surface area contributed by atoms with Crippen molar-refractivity contribution in [3.63, 3.8) is 0 Å². The summed E-state index contributed by atoms with van der Waals surface area (Å²) in [5, 5.41) is 9.63. The molecule has 0 radical (unpaired) electrons. The highest BCUT2D eigenvalue weighted by atomic mass is 35.5. The molecule has 0 aromatic heterocycles. The number of likely N-dealkylation sites (N-methyl/N-ethyl adjacent to an activating group) is 1. The van der Waals surface area contributed by atoms with Gasteiger partial charge in [-0.15, -0.1) is 0 Å². The number of benzene rings is 1. The number of halogens is 1. The first-order valence-corrected chi connectivity index (χ1v) is 5.19. The summed E-state index contributed by atoms with van der Waals surface area (Å²) >= 11 is 5.11. The monoisotopic (exact) mass is 268 g/mol. The van der Waals surface area contributed by atoms with Crippen LogP contribution in [0.1, 0.15) is 5.56 Å². The van der Waals surface area contributed by atoms with E-state index in [-0.39, 0.29) is 5.69 Å². The number of imide groups is 1. The first kappa shape index (κ1) is 13.9. The molecule has 7 heteroatoms. The molecule has 0 saturated carbocycles. The zero-order chi connectivity index (χ0) is 13.7. The lowest BCUT2D eigenvalue weighted by molar-refractivity contribution is -0.384. The molecule has 1 rings (SSSR count). The highest BCUT2D eigenvalue weighted by Gasteiger charge is 2.11. The van der Waals surface area contributed by atoms with Crippen molar-refractivity contribution in [1.29, 1.82) is 0 Å². The Morgan fingerprint density at radius 2 is 2.11 bits per heavy atom. The van der Waals surface area contributed by atoms with Crippen molar-refractivity contribution in [2.45, 2.75) is 0 Å². The van der Waals surface area contributed by atoms with Gasteiger partial charge >= 0.3 is 5.37 Å². The second-order valence-corrected chi connectivity index (χ2v) is 3.66. The third-order valence-electron chi connectivity index (χ3n) is 2.09. The Bertz CT molecular complexity index is 528. The molecule has 6 nitrogen and oxygen atoms in total. The summed E-state index contributed by atoms with van der Waals surface area (Å²) < 4.78 is 0. The van der Waals surface area contributed by atoms with Crippen molar-refractivity contribution < 1.29 is 14.5 Å². The highest BCUT2D eigenvalue weighted by Crippen LogP contribution is 2.14. The number of amides is 2. The molecule has 1 aromatic carbocycles. The van der Waals surface area contributed by atoms with E-state index in [1.165, 1.54) is 31.3 Å². The van der Waals surface area contributed by atoms with Crippen molar-refractivity contribution in [2.75, 3.05) is 7.05 Å². The number of non-ortho nitro benzene ring substituents is 1. The summed E-state index contributed by atoms with van der Waals surface area (Å²) in [6.07, 6.45) is 2.48. The van der Waals surface area contributed by atoms with Crippen LogP contribution < -0.4 is 0 Å². The Balaban J connectivity index is 2.85. The van der Waals surface area contributed by atoms with Gasteiger partial charge in [0.05, 0.1) is 4.92 Å². The lowest BCUT2D eigenvalue weighted by Gasteiger charge is -2.06. The number of carbonyl (C=O) groups is 2. The predicted molar refractivity (Wildman–Crippen MR) is 66.1 cm³/mol. The standard InChI is InChI=1S/C11H9ClN2O4/c1-13(11(12)16)10(15)6-5-8-3-2-4-9(7-8)14(17)18/h2-7H,1H3/b6-5+. The Labute approximate surface area is 108 Å². The zero-order valence-electron chi connectivity index (χ0n) is 9.37. The maximum Gasteiger partial charge on any atom is 0.323 e. The van der Waals surface area contributed by atoms with Crippen LogP contribution in [0, 0.1) is 10.1 Å². The third kappa shape index (κ3) is 3.67. The predicted octanol–water partition coefficient (Wildman–Crippen LogP) is 2.43. The Morgan fingerprint density at radius 1 is 1.44 bits per heavy atom. The first-order chi connectivity index (χ1) is 8.41. The molecule has 2 amide bonds.